The summed E-state index contributed by atoms with van der Waals surface area (Å²) in [6, 6.07) is 0. The SMILES string of the molecule is C#C/C(=C/C(=C)/C(C)=C\C=C/C)C(=C)C=C.CC.CC.CC. The van der Waals surface area contributed by atoms with Crippen LogP contribution in [0.1, 0.15) is 55.4 Å². The zero-order chi connectivity index (χ0) is 18.6. The average Bonchev–Trinajstić information content (AvgIpc) is 2.61. The van der Waals surface area contributed by atoms with Crippen molar-refractivity contribution in [3.8, 4) is 12.3 Å². The third-order valence-electron chi connectivity index (χ3n) is 2.11. The number of hydrogen-bond acceptors (Lipinski definition) is 0. The molecule has 0 aromatic heterocycles. The Morgan fingerprint density at radius 1 is 0.955 bits per heavy atom. The van der Waals surface area contributed by atoms with Crippen LogP contribution in [0.25, 0.3) is 0 Å². The van der Waals surface area contributed by atoms with Crippen molar-refractivity contribution < 1.29 is 0 Å². The second kappa shape index (κ2) is 24.0. The number of allylic oxidation sites excluding steroid dienone is 9. The van der Waals surface area contributed by atoms with Gasteiger partial charge in [0.05, 0.1) is 0 Å². The lowest BCUT2D eigenvalue weighted by Gasteiger charge is -2.02. The fourth-order valence-electron chi connectivity index (χ4n) is 0.973. The van der Waals surface area contributed by atoms with Gasteiger partial charge in [0.25, 0.3) is 0 Å². The van der Waals surface area contributed by atoms with E-state index >= 15 is 0 Å². The van der Waals surface area contributed by atoms with E-state index in [4.69, 9.17) is 6.42 Å². The zero-order valence-electron chi connectivity index (χ0n) is 16.1. The molecule has 0 heteroatoms. The summed E-state index contributed by atoms with van der Waals surface area (Å²) in [5.74, 6) is 2.58. The summed E-state index contributed by atoms with van der Waals surface area (Å²) in [6.45, 7) is 27.4. The molecular weight excluding hydrogens is 264 g/mol. The highest BCUT2D eigenvalue weighted by Gasteiger charge is 1.98. The first-order valence-electron chi connectivity index (χ1n) is 8.05. The van der Waals surface area contributed by atoms with Crippen molar-refractivity contribution in [1.29, 1.82) is 0 Å². The van der Waals surface area contributed by atoms with Gasteiger partial charge < -0.3 is 0 Å². The van der Waals surface area contributed by atoms with Crippen LogP contribution in [0.5, 0.6) is 0 Å². The summed E-state index contributed by atoms with van der Waals surface area (Å²) < 4.78 is 0. The molecule has 0 N–H and O–H groups in total. The van der Waals surface area contributed by atoms with Crippen LogP contribution in [0, 0.1) is 12.3 Å². The van der Waals surface area contributed by atoms with Gasteiger partial charge in [0.1, 0.15) is 0 Å². The van der Waals surface area contributed by atoms with Crippen molar-refractivity contribution in [1.82, 2.24) is 0 Å². The van der Waals surface area contributed by atoms with Gasteiger partial charge in [0.15, 0.2) is 0 Å². The molecule has 0 rings (SSSR count). The first-order valence-corrected chi connectivity index (χ1v) is 8.05. The Labute approximate surface area is 140 Å². The zero-order valence-corrected chi connectivity index (χ0v) is 16.1. The second-order valence-corrected chi connectivity index (χ2v) is 3.33. The van der Waals surface area contributed by atoms with E-state index < -0.39 is 0 Å². The minimum atomic E-state index is 0.716. The van der Waals surface area contributed by atoms with E-state index in [0.29, 0.717) is 5.57 Å². The largest absolute Gasteiger partial charge is 0.115 e. The van der Waals surface area contributed by atoms with Crippen molar-refractivity contribution in [3.05, 3.63) is 72.4 Å². The van der Waals surface area contributed by atoms with E-state index in [-0.39, 0.29) is 0 Å². The van der Waals surface area contributed by atoms with E-state index in [0.717, 1.165) is 16.7 Å². The smallest absolute Gasteiger partial charge is 0.0314 e. The molecule has 0 aliphatic heterocycles. The molecule has 0 heterocycles. The fourth-order valence-corrected chi connectivity index (χ4v) is 0.973. The Hall–Kier alpha value is -2.00. The molecule has 0 aliphatic carbocycles. The summed E-state index contributed by atoms with van der Waals surface area (Å²) >= 11 is 0. The molecule has 0 fully saturated rings. The molecule has 0 unspecified atom stereocenters. The normalized spacial score (nSPS) is 9.77. The van der Waals surface area contributed by atoms with Crippen LogP contribution in [0.3, 0.4) is 0 Å². The lowest BCUT2D eigenvalue weighted by Crippen LogP contribution is -1.85. The predicted molar refractivity (Wildman–Crippen MR) is 108 cm³/mol. The van der Waals surface area contributed by atoms with E-state index in [1.54, 1.807) is 6.08 Å². The predicted octanol–water partition coefficient (Wildman–Crippen LogP) is 7.45. The van der Waals surface area contributed by atoms with Crippen LogP contribution in [-0.2, 0) is 0 Å². The Balaban J connectivity index is -0.000000238. The lowest BCUT2D eigenvalue weighted by molar-refractivity contribution is 1.42. The maximum Gasteiger partial charge on any atom is 0.0314 e. The molecule has 0 saturated carbocycles. The first-order chi connectivity index (χ1) is 10.6. The van der Waals surface area contributed by atoms with Crippen LogP contribution in [-0.4, -0.2) is 0 Å². The maximum absolute atomic E-state index is 5.40. The van der Waals surface area contributed by atoms with Gasteiger partial charge in [0, 0.05) is 5.57 Å². The van der Waals surface area contributed by atoms with Crippen LogP contribution in [0.15, 0.2) is 72.4 Å². The minimum Gasteiger partial charge on any atom is -0.115 e. The van der Waals surface area contributed by atoms with E-state index in [2.05, 4.69) is 25.7 Å². The average molecular weight is 301 g/mol. The van der Waals surface area contributed by atoms with Crippen LogP contribution in [0.4, 0.5) is 0 Å². The van der Waals surface area contributed by atoms with Gasteiger partial charge in [-0.1, -0.05) is 91.5 Å². The van der Waals surface area contributed by atoms with Crippen molar-refractivity contribution in [2.45, 2.75) is 55.4 Å². The Kier molecular flexibility index (Phi) is 30.8. The van der Waals surface area contributed by atoms with E-state index in [1.165, 1.54) is 0 Å². The standard InChI is InChI=1S/C16H18.3C2H6/c1-7-10-11-14(5)15(6)12-16(9-3)13(4)8-2;3*1-2/h3,7-8,10-12H,2,4,6H2,1,5H3;3*1-2H3/b10-7-,14-11-,16-12-;;;. The minimum absolute atomic E-state index is 0.716. The molecule has 0 nitrogen and oxygen atoms in total. The van der Waals surface area contributed by atoms with Gasteiger partial charge in [-0.3, -0.25) is 0 Å². The Morgan fingerprint density at radius 2 is 1.41 bits per heavy atom. The molecule has 0 saturated heterocycles. The third kappa shape index (κ3) is 16.1. The molecule has 0 bridgehead atoms. The third-order valence-corrected chi connectivity index (χ3v) is 2.11. The lowest BCUT2D eigenvalue weighted by atomic mass is 10.0. The van der Waals surface area contributed by atoms with Crippen molar-refractivity contribution >= 4 is 0 Å². The molecule has 0 aromatic rings. The van der Waals surface area contributed by atoms with Gasteiger partial charge >= 0.3 is 0 Å². The molecule has 0 atom stereocenters. The summed E-state index contributed by atoms with van der Waals surface area (Å²) in [5, 5.41) is 0. The maximum atomic E-state index is 5.40. The summed E-state index contributed by atoms with van der Waals surface area (Å²) in [4.78, 5) is 0. The monoisotopic (exact) mass is 300 g/mol. The molecule has 0 amide bonds. The highest BCUT2D eigenvalue weighted by molar-refractivity contribution is 5.53. The summed E-state index contributed by atoms with van der Waals surface area (Å²) in [5.41, 5.74) is 3.41. The number of terminal acetylenes is 1. The molecule has 0 radical (unpaired) electrons. The van der Waals surface area contributed by atoms with Gasteiger partial charge in [-0.2, -0.15) is 0 Å². The van der Waals surface area contributed by atoms with Crippen LogP contribution >= 0.6 is 0 Å². The molecular formula is C22H36. The Bertz CT molecular complexity index is 417. The number of hydrogen-bond donors (Lipinski definition) is 0. The molecule has 124 valence electrons. The van der Waals surface area contributed by atoms with Crippen molar-refractivity contribution in [2.24, 2.45) is 0 Å². The van der Waals surface area contributed by atoms with E-state index in [1.807, 2.05) is 79.7 Å². The Morgan fingerprint density at radius 3 is 1.73 bits per heavy atom. The highest BCUT2D eigenvalue weighted by Crippen LogP contribution is 2.15. The summed E-state index contributed by atoms with van der Waals surface area (Å²) in [6.07, 6.45) is 14.8. The van der Waals surface area contributed by atoms with Gasteiger partial charge in [0.2, 0.25) is 0 Å². The number of rotatable bonds is 5. The van der Waals surface area contributed by atoms with Crippen molar-refractivity contribution in [2.75, 3.05) is 0 Å². The molecule has 0 aliphatic rings. The molecule has 0 aromatic carbocycles. The quantitative estimate of drug-likeness (QED) is 0.365. The second-order valence-electron chi connectivity index (χ2n) is 3.33. The highest BCUT2D eigenvalue weighted by atomic mass is 14.0. The van der Waals surface area contributed by atoms with Crippen LogP contribution in [0.2, 0.25) is 0 Å². The fraction of sp³-hybridized carbons (Fsp3) is 0.364. The van der Waals surface area contributed by atoms with Gasteiger partial charge in [-0.25, -0.2) is 0 Å². The molecule has 22 heavy (non-hydrogen) atoms. The van der Waals surface area contributed by atoms with Crippen LogP contribution < -0.4 is 0 Å². The summed E-state index contributed by atoms with van der Waals surface area (Å²) in [7, 11) is 0. The first kappa shape index (κ1) is 28.2. The topological polar surface area (TPSA) is 0 Å². The van der Waals surface area contributed by atoms with Crippen molar-refractivity contribution in [3.63, 3.8) is 0 Å². The van der Waals surface area contributed by atoms with E-state index in [9.17, 15) is 0 Å². The van der Waals surface area contributed by atoms with Gasteiger partial charge in [-0.05, 0) is 36.6 Å². The van der Waals surface area contributed by atoms with Gasteiger partial charge in [-0.15, -0.1) is 6.42 Å². The molecule has 0 spiro atoms.